The van der Waals surface area contributed by atoms with Gasteiger partial charge in [0.05, 0.1) is 32.0 Å². The minimum absolute atomic E-state index is 0.0360. The van der Waals surface area contributed by atoms with Crippen LogP contribution in [0.2, 0.25) is 0 Å². The van der Waals surface area contributed by atoms with Crippen LogP contribution >= 0.6 is 15.9 Å². The maximum atomic E-state index is 14.4. The number of benzene rings is 2. The second-order valence-corrected chi connectivity index (χ2v) is 13.1. The SMILES string of the molecule is CCO[PH](=O)C[C@@H](C[C@@H](COC(=O)Nc1cc(-c2ccccc2)on1)N(NCc1cccc(F)c1F)C(C)=O)OP(=O)(OCC)OCC. The Morgan fingerprint density at radius 2 is 1.75 bits per heavy atom. The molecule has 1 heterocycles. The van der Waals surface area contributed by atoms with E-state index in [1.807, 2.05) is 6.07 Å². The Kier molecular flexibility index (Phi) is 15.8. The number of phosphoric acid groups is 1. The summed E-state index contributed by atoms with van der Waals surface area (Å²) in [5.41, 5.74) is 3.37. The van der Waals surface area contributed by atoms with Gasteiger partial charge in [-0.15, -0.1) is 0 Å². The molecule has 0 spiro atoms. The Morgan fingerprint density at radius 3 is 2.40 bits per heavy atom. The standard InChI is InChI=1S/C30H40F2N4O10P2/c1-5-42-47(39)20-25(46-48(40,43-6-2)44-7-3)16-24(36(21(4)37)33-18-23-14-11-15-26(31)29(23)32)19-41-30(38)34-28-17-27(45-35-28)22-12-9-8-10-13-22/h8-15,17,24-25,33,47H,5-7,16,18-20H2,1-4H3,(H,34,35,38)/t24-,25+/m0/s1. The van der Waals surface area contributed by atoms with Gasteiger partial charge in [0.2, 0.25) is 5.91 Å². The highest BCUT2D eigenvalue weighted by Crippen LogP contribution is 2.51. The lowest BCUT2D eigenvalue weighted by atomic mass is 10.1. The van der Waals surface area contributed by atoms with E-state index in [0.717, 1.165) is 16.6 Å². The van der Waals surface area contributed by atoms with Crippen molar-refractivity contribution in [1.29, 1.82) is 0 Å². The average molecular weight is 717 g/mol. The third kappa shape index (κ3) is 12.2. The van der Waals surface area contributed by atoms with Crippen molar-refractivity contribution in [3.8, 4) is 11.3 Å². The molecule has 0 fully saturated rings. The van der Waals surface area contributed by atoms with Gasteiger partial charge < -0.3 is 13.8 Å². The largest absolute Gasteiger partial charge is 0.475 e. The molecule has 0 saturated heterocycles. The van der Waals surface area contributed by atoms with E-state index in [1.165, 1.54) is 25.1 Å². The van der Waals surface area contributed by atoms with Crippen LogP contribution in [-0.4, -0.2) is 66.9 Å². The van der Waals surface area contributed by atoms with Gasteiger partial charge in [0, 0.05) is 43.2 Å². The first-order chi connectivity index (χ1) is 23.0. The summed E-state index contributed by atoms with van der Waals surface area (Å²) in [5, 5.41) is 7.29. The molecule has 1 aromatic heterocycles. The van der Waals surface area contributed by atoms with Gasteiger partial charge in [-0.3, -0.25) is 33.3 Å². The Hall–Kier alpha value is -3.49. The molecule has 0 aliphatic carbocycles. The van der Waals surface area contributed by atoms with Crippen LogP contribution in [0.1, 0.15) is 39.7 Å². The zero-order valence-electron chi connectivity index (χ0n) is 27.0. The van der Waals surface area contributed by atoms with Crippen molar-refractivity contribution in [2.75, 3.05) is 37.9 Å². The van der Waals surface area contributed by atoms with E-state index >= 15 is 0 Å². The van der Waals surface area contributed by atoms with Crippen LogP contribution in [0.4, 0.5) is 19.4 Å². The van der Waals surface area contributed by atoms with Gasteiger partial charge in [-0.25, -0.2) is 23.6 Å². The second kappa shape index (κ2) is 19.5. The van der Waals surface area contributed by atoms with E-state index in [0.29, 0.717) is 5.76 Å². The number of anilines is 1. The van der Waals surface area contributed by atoms with Gasteiger partial charge in [0.1, 0.15) is 6.61 Å². The monoisotopic (exact) mass is 716 g/mol. The van der Waals surface area contributed by atoms with E-state index in [2.05, 4.69) is 15.9 Å². The maximum Gasteiger partial charge on any atom is 0.475 e. The lowest BCUT2D eigenvalue weighted by Gasteiger charge is -2.34. The molecular weight excluding hydrogens is 676 g/mol. The highest BCUT2D eigenvalue weighted by molar-refractivity contribution is 7.48. The fraction of sp³-hybridized carbons (Fsp3) is 0.433. The number of hydrogen-bond acceptors (Lipinski definition) is 12. The number of nitrogens with one attached hydrogen (secondary N) is 2. The molecule has 0 radical (unpaired) electrons. The van der Waals surface area contributed by atoms with Crippen LogP contribution in [0, 0.1) is 11.6 Å². The van der Waals surface area contributed by atoms with Crippen molar-refractivity contribution in [2.45, 2.75) is 52.8 Å². The molecule has 14 nitrogen and oxygen atoms in total. The predicted molar refractivity (Wildman–Crippen MR) is 172 cm³/mol. The summed E-state index contributed by atoms with van der Waals surface area (Å²) in [6, 6.07) is 13.0. The molecule has 3 aromatic rings. The smallest absolute Gasteiger partial charge is 0.447 e. The van der Waals surface area contributed by atoms with Crippen molar-refractivity contribution in [2.24, 2.45) is 0 Å². The summed E-state index contributed by atoms with van der Waals surface area (Å²) in [6.07, 6.45) is -2.66. The number of nitrogens with zero attached hydrogens (tertiary/aromatic N) is 2. The molecule has 1 unspecified atom stereocenters. The van der Waals surface area contributed by atoms with Crippen LogP contribution in [0.3, 0.4) is 0 Å². The fourth-order valence-electron chi connectivity index (χ4n) is 4.46. The number of carbonyl (C=O) groups excluding carboxylic acids is 2. The quantitative estimate of drug-likeness (QED) is 0.0956. The van der Waals surface area contributed by atoms with Crippen LogP contribution < -0.4 is 10.7 Å². The molecule has 0 bridgehead atoms. The third-order valence-corrected chi connectivity index (χ3v) is 9.57. The van der Waals surface area contributed by atoms with E-state index < -0.39 is 58.2 Å². The molecule has 0 saturated carbocycles. The summed E-state index contributed by atoms with van der Waals surface area (Å²) >= 11 is 0. The summed E-state index contributed by atoms with van der Waals surface area (Å²) in [7, 11) is -6.92. The Bertz CT molecular complexity index is 1540. The van der Waals surface area contributed by atoms with Crippen molar-refractivity contribution >= 4 is 33.7 Å². The van der Waals surface area contributed by atoms with E-state index in [-0.39, 0.29) is 50.3 Å². The molecule has 18 heteroatoms. The molecular formula is C30H40F2N4O10P2. The van der Waals surface area contributed by atoms with Gasteiger partial charge in [0.15, 0.2) is 31.2 Å². The first-order valence-electron chi connectivity index (χ1n) is 15.1. The minimum Gasteiger partial charge on any atom is -0.447 e. The van der Waals surface area contributed by atoms with Crippen LogP contribution in [0.5, 0.6) is 0 Å². The van der Waals surface area contributed by atoms with Crippen molar-refractivity contribution < 1.29 is 54.9 Å². The average Bonchev–Trinajstić information content (AvgIpc) is 3.50. The molecule has 2 aromatic carbocycles. The minimum atomic E-state index is -4.18. The van der Waals surface area contributed by atoms with Crippen LogP contribution in [0.25, 0.3) is 11.3 Å². The molecule has 48 heavy (non-hydrogen) atoms. The van der Waals surface area contributed by atoms with E-state index in [1.54, 1.807) is 45.0 Å². The zero-order chi connectivity index (χ0) is 35.1. The first kappa shape index (κ1) is 39.0. The Morgan fingerprint density at radius 1 is 1.04 bits per heavy atom. The summed E-state index contributed by atoms with van der Waals surface area (Å²) in [5.74, 6) is -2.38. The molecule has 264 valence electrons. The normalized spacial score (nSPS) is 13.5. The molecule has 0 aliphatic rings. The second-order valence-electron chi connectivity index (χ2n) is 10.0. The number of aromatic nitrogens is 1. The third-order valence-electron chi connectivity index (χ3n) is 6.47. The number of amides is 2. The highest BCUT2D eigenvalue weighted by Gasteiger charge is 2.35. The topological polar surface area (TPSA) is 168 Å². The lowest BCUT2D eigenvalue weighted by Crippen LogP contribution is -2.52. The van der Waals surface area contributed by atoms with Crippen LogP contribution in [-0.2, 0) is 43.3 Å². The van der Waals surface area contributed by atoms with Crippen molar-refractivity contribution in [3.63, 3.8) is 0 Å². The van der Waals surface area contributed by atoms with Gasteiger partial charge in [-0.2, -0.15) is 0 Å². The van der Waals surface area contributed by atoms with E-state index in [4.69, 9.17) is 27.4 Å². The lowest BCUT2D eigenvalue weighted by molar-refractivity contribution is -0.137. The van der Waals surface area contributed by atoms with Crippen molar-refractivity contribution in [1.82, 2.24) is 15.6 Å². The first-order valence-corrected chi connectivity index (χ1v) is 18.1. The number of halogens is 2. The summed E-state index contributed by atoms with van der Waals surface area (Å²) in [4.78, 5) is 25.8. The van der Waals surface area contributed by atoms with Crippen molar-refractivity contribution in [3.05, 3.63) is 71.8 Å². The Labute approximate surface area is 277 Å². The van der Waals surface area contributed by atoms with E-state index in [9.17, 15) is 27.5 Å². The zero-order valence-corrected chi connectivity index (χ0v) is 28.9. The molecule has 2 N–H and O–H groups in total. The van der Waals surface area contributed by atoms with Crippen LogP contribution in [0.15, 0.2) is 59.1 Å². The van der Waals surface area contributed by atoms with Gasteiger partial charge >= 0.3 is 13.9 Å². The van der Waals surface area contributed by atoms with Gasteiger partial charge in [0.25, 0.3) is 0 Å². The fourth-order valence-corrected chi connectivity index (χ4v) is 7.01. The number of hydrogen-bond donors (Lipinski definition) is 2. The number of carbonyl (C=O) groups is 2. The molecule has 3 rings (SSSR count). The number of rotatable bonds is 20. The maximum absolute atomic E-state index is 14.4. The number of hydrazine groups is 1. The molecule has 3 atom stereocenters. The van der Waals surface area contributed by atoms with Gasteiger partial charge in [-0.05, 0) is 26.8 Å². The van der Waals surface area contributed by atoms with Gasteiger partial charge in [-0.1, -0.05) is 47.6 Å². The molecule has 0 aliphatic heterocycles. The highest BCUT2D eigenvalue weighted by atomic mass is 31.2. The predicted octanol–water partition coefficient (Wildman–Crippen LogP) is 6.56. The number of phosphoric ester groups is 1. The Balaban J connectivity index is 1.86. The number of ether oxygens (including phenoxy) is 1. The summed E-state index contributed by atoms with van der Waals surface area (Å²) in [6.45, 7) is 5.19. The molecule has 2 amide bonds. The summed E-state index contributed by atoms with van der Waals surface area (Å²) < 4.78 is 86.6.